The summed E-state index contributed by atoms with van der Waals surface area (Å²) in [7, 11) is 0. The molecule has 1 aliphatic rings. The van der Waals surface area contributed by atoms with Crippen LogP contribution in [0, 0.1) is 0 Å². The van der Waals surface area contributed by atoms with Gasteiger partial charge in [-0.2, -0.15) is 0 Å². The van der Waals surface area contributed by atoms with E-state index >= 15 is 0 Å². The van der Waals surface area contributed by atoms with E-state index in [0.717, 1.165) is 63.8 Å². The van der Waals surface area contributed by atoms with Crippen molar-refractivity contribution in [3.63, 3.8) is 0 Å². The molecule has 0 saturated carbocycles. The molecule has 0 radical (unpaired) electrons. The van der Waals surface area contributed by atoms with Gasteiger partial charge in [0.15, 0.2) is 0 Å². The van der Waals surface area contributed by atoms with E-state index in [2.05, 4.69) is 39.0 Å². The quantitative estimate of drug-likeness (QED) is 0.280. The molecule has 3 rings (SSSR count). The van der Waals surface area contributed by atoms with Crippen molar-refractivity contribution in [2.45, 2.75) is 19.9 Å². The van der Waals surface area contributed by atoms with Gasteiger partial charge in [0.2, 0.25) is 5.95 Å². The van der Waals surface area contributed by atoms with Crippen molar-refractivity contribution in [2.75, 3.05) is 44.3 Å². The number of fused-ring (bicyclic) bond motifs is 1. The van der Waals surface area contributed by atoms with Crippen molar-refractivity contribution < 1.29 is 54.1 Å². The molecule has 10 heteroatoms. The Morgan fingerprint density at radius 2 is 1.87 bits per heavy atom. The normalized spacial score (nSPS) is 14.0. The van der Waals surface area contributed by atoms with E-state index in [1.54, 1.807) is 0 Å². The van der Waals surface area contributed by atoms with Crippen LogP contribution in [0.2, 0.25) is 0 Å². The fraction of sp³-hybridized carbons (Fsp3) is 0.450. The van der Waals surface area contributed by atoms with E-state index in [0.29, 0.717) is 12.2 Å². The van der Waals surface area contributed by atoms with Gasteiger partial charge in [-0.1, -0.05) is 12.1 Å². The third-order valence-corrected chi connectivity index (χ3v) is 4.29. The Hall–Kier alpha value is -1.91. The van der Waals surface area contributed by atoms with E-state index in [1.165, 1.54) is 5.52 Å². The predicted molar refractivity (Wildman–Crippen MR) is 110 cm³/mol. The molecule has 0 spiro atoms. The van der Waals surface area contributed by atoms with Crippen molar-refractivity contribution in [1.29, 1.82) is 0 Å². The number of nitrogens with zero attached hydrogens (tertiary/aromatic N) is 3. The minimum atomic E-state index is -1.26. The maximum atomic E-state index is 9.55. The number of carboxylic acids is 2. The Morgan fingerprint density at radius 1 is 1.17 bits per heavy atom. The van der Waals surface area contributed by atoms with Crippen LogP contribution in [0.1, 0.15) is 13.3 Å². The maximum Gasteiger partial charge on any atom is 1.00 e. The summed E-state index contributed by atoms with van der Waals surface area (Å²) in [5.74, 6) is -1.43. The number of imidazole rings is 1. The van der Waals surface area contributed by atoms with Crippen molar-refractivity contribution >= 4 is 28.9 Å². The van der Waals surface area contributed by atoms with Gasteiger partial charge in [-0.05, 0) is 32.0 Å². The zero-order chi connectivity index (χ0) is 21.1. The molecule has 1 fully saturated rings. The Kier molecular flexibility index (Phi) is 12.3. The van der Waals surface area contributed by atoms with E-state index in [4.69, 9.17) is 19.9 Å². The number of aromatic nitrogens is 2. The number of benzene rings is 1. The van der Waals surface area contributed by atoms with Gasteiger partial charge in [-0.3, -0.25) is 0 Å². The smallest absolute Gasteiger partial charge is 0.478 e. The average molecular weight is 427 g/mol. The summed E-state index contributed by atoms with van der Waals surface area (Å²) in [5.41, 5.74) is 2.27. The second-order valence-corrected chi connectivity index (χ2v) is 6.35. The summed E-state index contributed by atoms with van der Waals surface area (Å²) in [6, 6.07) is 8.37. The van der Waals surface area contributed by atoms with Crippen molar-refractivity contribution in [3.05, 3.63) is 36.4 Å². The fourth-order valence-corrected chi connectivity index (χ4v) is 3.01. The molecule has 1 aromatic carbocycles. The second-order valence-electron chi connectivity index (χ2n) is 6.35. The first kappa shape index (κ1) is 26.1. The van der Waals surface area contributed by atoms with Crippen molar-refractivity contribution in [1.82, 2.24) is 14.9 Å². The third-order valence-electron chi connectivity index (χ3n) is 4.29. The molecule has 1 aliphatic heterocycles. The first-order valence-electron chi connectivity index (χ1n) is 9.65. The molecule has 0 aliphatic carbocycles. The molecule has 9 nitrogen and oxygen atoms in total. The van der Waals surface area contributed by atoms with E-state index in [9.17, 15) is 9.59 Å². The number of rotatable bonds is 7. The zero-order valence-electron chi connectivity index (χ0n) is 17.6. The van der Waals surface area contributed by atoms with Crippen molar-refractivity contribution in [2.24, 2.45) is 0 Å². The Morgan fingerprint density at radius 3 is 2.53 bits per heavy atom. The molecule has 2 heterocycles. The number of nitrogens with one attached hydrogen (secondary N) is 1. The number of para-hydroxylation sites is 2. The number of aliphatic carboxylic acids is 2. The van der Waals surface area contributed by atoms with Crippen LogP contribution in [0.3, 0.4) is 0 Å². The predicted octanol–water partition coefficient (Wildman–Crippen LogP) is -1.41. The van der Waals surface area contributed by atoms with Crippen LogP contribution in [0.25, 0.3) is 11.0 Å². The summed E-state index contributed by atoms with van der Waals surface area (Å²) >= 11 is 0. The summed E-state index contributed by atoms with van der Waals surface area (Å²) in [5, 5.41) is 19.1. The first-order chi connectivity index (χ1) is 14.0. The van der Waals surface area contributed by atoms with Gasteiger partial charge in [0.05, 0.1) is 17.6 Å². The summed E-state index contributed by atoms with van der Waals surface area (Å²) < 4.78 is 7.85. The van der Waals surface area contributed by atoms with Crippen LogP contribution in [0.4, 0.5) is 5.95 Å². The molecule has 158 valence electrons. The molecular weight excluding hydrogens is 399 g/mol. The molecule has 0 bridgehead atoms. The van der Waals surface area contributed by atoms with E-state index in [1.807, 2.05) is 6.92 Å². The van der Waals surface area contributed by atoms with Crippen LogP contribution in [0.5, 0.6) is 0 Å². The van der Waals surface area contributed by atoms with Crippen LogP contribution >= 0.6 is 0 Å². The van der Waals surface area contributed by atoms with Crippen LogP contribution in [0.15, 0.2) is 36.4 Å². The first-order valence-corrected chi connectivity index (χ1v) is 9.65. The number of hydrogen-bond donors (Lipinski definition) is 3. The third kappa shape index (κ3) is 8.45. The molecule has 30 heavy (non-hydrogen) atoms. The second kappa shape index (κ2) is 14.2. The van der Waals surface area contributed by atoms with Gasteiger partial charge in [0, 0.05) is 44.9 Å². The topological polar surface area (TPSA) is 117 Å². The Balaban J connectivity index is 0.000000431. The molecule has 2 aromatic rings. The van der Waals surface area contributed by atoms with Gasteiger partial charge in [-0.15, -0.1) is 0 Å². The molecule has 0 unspecified atom stereocenters. The fourth-order valence-electron chi connectivity index (χ4n) is 3.01. The van der Waals surface area contributed by atoms with E-state index in [-0.39, 0.29) is 29.6 Å². The van der Waals surface area contributed by atoms with Crippen LogP contribution in [-0.4, -0.2) is 71.1 Å². The zero-order valence-corrected chi connectivity index (χ0v) is 19.6. The number of carbonyl (C=O) groups is 2. The molecule has 0 amide bonds. The van der Waals surface area contributed by atoms with Gasteiger partial charge in [-0.25, -0.2) is 14.6 Å². The molecule has 0 atom stereocenters. The Labute approximate surface area is 198 Å². The van der Waals surface area contributed by atoms with Gasteiger partial charge in [0.1, 0.15) is 0 Å². The summed E-state index contributed by atoms with van der Waals surface area (Å²) in [6.07, 6.45) is 2.28. The maximum absolute atomic E-state index is 9.55. The molecular formula is C20H28N4NaO5+. The Bertz CT molecular complexity index is 816. The monoisotopic (exact) mass is 427 g/mol. The van der Waals surface area contributed by atoms with Crippen molar-refractivity contribution in [3.8, 4) is 0 Å². The molecule has 1 saturated heterocycles. The average Bonchev–Trinajstić information content (AvgIpc) is 2.87. The number of ether oxygens (including phenoxy) is 1. The molecule has 1 aromatic heterocycles. The SMILES string of the molecule is CCOCCn1c(N2CCCNCC2)nc2ccccc21.O=C(O)/C=C/C(=O)O.[Na+]. The summed E-state index contributed by atoms with van der Waals surface area (Å²) in [6.45, 7) is 8.57. The van der Waals surface area contributed by atoms with Gasteiger partial charge >= 0.3 is 41.5 Å². The van der Waals surface area contributed by atoms with Crippen LogP contribution < -0.4 is 39.8 Å². The van der Waals surface area contributed by atoms with E-state index < -0.39 is 11.9 Å². The number of hydrogen-bond acceptors (Lipinski definition) is 6. The minimum Gasteiger partial charge on any atom is -0.478 e. The van der Waals surface area contributed by atoms with Gasteiger partial charge in [0.25, 0.3) is 0 Å². The number of carboxylic acid groups (broad SMARTS) is 2. The van der Waals surface area contributed by atoms with Crippen LogP contribution in [-0.2, 0) is 20.9 Å². The molecule has 3 N–H and O–H groups in total. The largest absolute Gasteiger partial charge is 1.00 e. The number of anilines is 1. The van der Waals surface area contributed by atoms with Gasteiger partial charge < -0.3 is 29.7 Å². The standard InChI is InChI=1S/C16H24N4O.C4H4O4.Na/c1-2-21-13-12-20-15-7-4-3-6-14(15)18-16(20)19-10-5-8-17-9-11-19;5-3(6)1-2-4(7)8;/h3-4,6-7,17H,2,5,8-13H2,1H3;1-2H,(H,5,6)(H,7,8);/q;;+1/b;2-1+;. The summed E-state index contributed by atoms with van der Waals surface area (Å²) in [4.78, 5) is 26.4. The minimum absolute atomic E-state index is 0.